The molecule has 1 amide bonds. The van der Waals surface area contributed by atoms with E-state index >= 15 is 0 Å². The number of halogens is 2. The molecule has 32 heavy (non-hydrogen) atoms. The van der Waals surface area contributed by atoms with Gasteiger partial charge in [0.15, 0.2) is 0 Å². The molecule has 4 nitrogen and oxygen atoms in total. The molecule has 1 saturated carbocycles. The zero-order valence-corrected chi connectivity index (χ0v) is 20.4. The van der Waals surface area contributed by atoms with Crippen LogP contribution in [0.15, 0.2) is 36.4 Å². The lowest BCUT2D eigenvalue weighted by Gasteiger charge is -2.34. The molecular formula is C26H32Cl2N2O2. The Hall–Kier alpha value is -1.75. The van der Waals surface area contributed by atoms with Gasteiger partial charge in [-0.1, -0.05) is 41.4 Å². The summed E-state index contributed by atoms with van der Waals surface area (Å²) in [4.78, 5) is 14.8. The Morgan fingerprint density at radius 2 is 1.75 bits per heavy atom. The second-order valence-electron chi connectivity index (χ2n) is 9.12. The Kier molecular flexibility index (Phi) is 7.65. The van der Waals surface area contributed by atoms with Crippen LogP contribution < -0.4 is 5.32 Å². The third kappa shape index (κ3) is 5.41. The summed E-state index contributed by atoms with van der Waals surface area (Å²) < 4.78 is 5.38. The van der Waals surface area contributed by atoms with Gasteiger partial charge in [-0.15, -0.1) is 0 Å². The molecule has 1 aliphatic heterocycles. The molecule has 0 spiro atoms. The van der Waals surface area contributed by atoms with Crippen molar-refractivity contribution in [2.75, 3.05) is 31.6 Å². The zero-order chi connectivity index (χ0) is 22.7. The molecule has 1 saturated heterocycles. The van der Waals surface area contributed by atoms with E-state index in [-0.39, 0.29) is 12.0 Å². The minimum Gasteiger partial charge on any atom is -0.378 e. The number of aryl methyl sites for hydroxylation is 1. The summed E-state index contributed by atoms with van der Waals surface area (Å²) in [5, 5.41) is 5.02. The zero-order valence-electron chi connectivity index (χ0n) is 18.9. The highest BCUT2D eigenvalue weighted by Crippen LogP contribution is 2.39. The predicted molar refractivity (Wildman–Crippen MR) is 132 cm³/mol. The molecule has 0 aromatic heterocycles. The Morgan fingerprint density at radius 3 is 2.44 bits per heavy atom. The summed E-state index contributed by atoms with van der Waals surface area (Å²) in [7, 11) is 0. The monoisotopic (exact) mass is 474 g/mol. The van der Waals surface area contributed by atoms with Gasteiger partial charge in [-0.3, -0.25) is 4.79 Å². The van der Waals surface area contributed by atoms with Crippen LogP contribution in [0.25, 0.3) is 0 Å². The SMILES string of the molecule is Cc1ccc([C@@H](C)Nc2cc(C3CCC(C(=O)N4CCOCC4)CC3)ccc2Cl)c(Cl)c1. The molecule has 1 atom stereocenters. The van der Waals surface area contributed by atoms with Gasteiger partial charge < -0.3 is 15.0 Å². The lowest BCUT2D eigenvalue weighted by atomic mass is 9.78. The normalized spacial score (nSPS) is 22.4. The van der Waals surface area contributed by atoms with Gasteiger partial charge >= 0.3 is 0 Å². The molecule has 1 N–H and O–H groups in total. The summed E-state index contributed by atoms with van der Waals surface area (Å²) in [6, 6.07) is 12.5. The maximum Gasteiger partial charge on any atom is 0.225 e. The van der Waals surface area contributed by atoms with E-state index < -0.39 is 0 Å². The number of morpholine rings is 1. The number of benzene rings is 2. The van der Waals surface area contributed by atoms with E-state index in [9.17, 15) is 4.79 Å². The van der Waals surface area contributed by atoms with Crippen molar-refractivity contribution in [1.82, 2.24) is 4.90 Å². The standard InChI is InChI=1S/C26H32Cl2N2O2/c1-17-3-9-22(24(28)15-17)18(2)29-25-16-21(8-10-23(25)27)19-4-6-20(7-5-19)26(31)30-11-13-32-14-12-30/h3,8-10,15-16,18-20,29H,4-7,11-14H2,1-2H3/t18-,19?,20?/m1/s1. The average Bonchev–Trinajstić information content (AvgIpc) is 2.80. The van der Waals surface area contributed by atoms with Crippen LogP contribution in [0.5, 0.6) is 0 Å². The van der Waals surface area contributed by atoms with Crippen LogP contribution in [0, 0.1) is 12.8 Å². The first-order valence-corrected chi connectivity index (χ1v) is 12.4. The Bertz CT molecular complexity index is 951. The number of ether oxygens (including phenoxy) is 1. The maximum atomic E-state index is 12.8. The molecule has 2 fully saturated rings. The first-order chi connectivity index (χ1) is 15.4. The van der Waals surface area contributed by atoms with Gasteiger partial charge in [0.1, 0.15) is 0 Å². The van der Waals surface area contributed by atoms with Gasteiger partial charge in [-0.25, -0.2) is 0 Å². The topological polar surface area (TPSA) is 41.6 Å². The third-order valence-corrected chi connectivity index (χ3v) is 7.51. The van der Waals surface area contributed by atoms with Crippen molar-refractivity contribution < 1.29 is 9.53 Å². The molecule has 6 heteroatoms. The summed E-state index contributed by atoms with van der Waals surface area (Å²) in [5.41, 5.74) is 4.42. The molecule has 2 aromatic rings. The van der Waals surface area contributed by atoms with E-state index in [2.05, 4.69) is 36.5 Å². The summed E-state index contributed by atoms with van der Waals surface area (Å²) >= 11 is 13.0. The number of anilines is 1. The molecule has 0 unspecified atom stereocenters. The maximum absolute atomic E-state index is 12.8. The first-order valence-electron chi connectivity index (χ1n) is 11.6. The van der Waals surface area contributed by atoms with Crippen LogP contribution in [0.3, 0.4) is 0 Å². The number of hydrogen-bond acceptors (Lipinski definition) is 3. The van der Waals surface area contributed by atoms with Crippen molar-refractivity contribution >= 4 is 34.8 Å². The molecule has 2 aromatic carbocycles. The van der Waals surface area contributed by atoms with Gasteiger partial charge in [0.05, 0.1) is 30.0 Å². The molecule has 2 aliphatic rings. The van der Waals surface area contributed by atoms with E-state index in [1.165, 1.54) is 5.56 Å². The van der Waals surface area contributed by atoms with Crippen molar-refractivity contribution in [2.24, 2.45) is 5.92 Å². The number of rotatable bonds is 5. The minimum atomic E-state index is 0.0396. The highest BCUT2D eigenvalue weighted by molar-refractivity contribution is 6.33. The molecule has 0 radical (unpaired) electrons. The number of carbonyl (C=O) groups is 1. The van der Waals surface area contributed by atoms with Crippen molar-refractivity contribution in [3.8, 4) is 0 Å². The van der Waals surface area contributed by atoms with Crippen LogP contribution in [0.4, 0.5) is 5.69 Å². The van der Waals surface area contributed by atoms with Crippen LogP contribution >= 0.6 is 23.2 Å². The van der Waals surface area contributed by atoms with E-state index in [0.29, 0.717) is 30.1 Å². The van der Waals surface area contributed by atoms with Crippen molar-refractivity contribution in [1.29, 1.82) is 0 Å². The summed E-state index contributed by atoms with van der Waals surface area (Å²) in [5.74, 6) is 0.923. The fraction of sp³-hybridized carbons (Fsp3) is 0.500. The lowest BCUT2D eigenvalue weighted by molar-refractivity contribution is -0.140. The van der Waals surface area contributed by atoms with Gasteiger partial charge in [-0.2, -0.15) is 0 Å². The Morgan fingerprint density at radius 1 is 1.03 bits per heavy atom. The Balaban J connectivity index is 1.40. The van der Waals surface area contributed by atoms with E-state index in [1.807, 2.05) is 24.0 Å². The average molecular weight is 475 g/mol. The minimum absolute atomic E-state index is 0.0396. The van der Waals surface area contributed by atoms with Gasteiger partial charge in [0.25, 0.3) is 0 Å². The first kappa shape index (κ1) is 23.4. The molecular weight excluding hydrogens is 443 g/mol. The molecule has 0 bridgehead atoms. The van der Waals surface area contributed by atoms with E-state index in [4.69, 9.17) is 27.9 Å². The van der Waals surface area contributed by atoms with Gasteiger partial charge in [-0.05, 0) is 80.3 Å². The number of nitrogens with zero attached hydrogens (tertiary/aromatic N) is 1. The third-order valence-electron chi connectivity index (χ3n) is 6.86. The van der Waals surface area contributed by atoms with Crippen molar-refractivity contribution in [2.45, 2.75) is 51.5 Å². The summed E-state index contributed by atoms with van der Waals surface area (Å²) in [6.07, 6.45) is 3.95. The summed E-state index contributed by atoms with van der Waals surface area (Å²) in [6.45, 7) is 6.92. The highest BCUT2D eigenvalue weighted by Gasteiger charge is 2.31. The van der Waals surface area contributed by atoms with Crippen molar-refractivity contribution in [3.05, 3.63) is 63.1 Å². The number of nitrogens with one attached hydrogen (secondary N) is 1. The van der Waals surface area contributed by atoms with Crippen LogP contribution in [0.2, 0.25) is 10.0 Å². The predicted octanol–water partition coefficient (Wildman–Crippen LogP) is 6.61. The molecule has 1 aliphatic carbocycles. The van der Waals surface area contributed by atoms with E-state index in [0.717, 1.165) is 60.6 Å². The quantitative estimate of drug-likeness (QED) is 0.529. The Labute approximate surface area is 201 Å². The number of hydrogen-bond donors (Lipinski definition) is 1. The second-order valence-corrected chi connectivity index (χ2v) is 9.93. The fourth-order valence-electron chi connectivity index (χ4n) is 4.92. The largest absolute Gasteiger partial charge is 0.378 e. The number of carbonyl (C=O) groups excluding carboxylic acids is 1. The van der Waals surface area contributed by atoms with E-state index in [1.54, 1.807) is 0 Å². The molecule has 4 rings (SSSR count). The van der Waals surface area contributed by atoms with Gasteiger partial charge in [0, 0.05) is 24.0 Å². The van der Waals surface area contributed by atoms with Crippen molar-refractivity contribution in [3.63, 3.8) is 0 Å². The van der Waals surface area contributed by atoms with Gasteiger partial charge in [0.2, 0.25) is 5.91 Å². The van der Waals surface area contributed by atoms with Crippen LogP contribution in [-0.4, -0.2) is 37.1 Å². The van der Waals surface area contributed by atoms with Crippen LogP contribution in [0.1, 0.15) is 61.3 Å². The second kappa shape index (κ2) is 10.5. The fourth-order valence-corrected chi connectivity index (χ4v) is 5.49. The molecule has 1 heterocycles. The van der Waals surface area contributed by atoms with Crippen LogP contribution in [-0.2, 0) is 9.53 Å². The lowest BCUT2D eigenvalue weighted by Crippen LogP contribution is -2.44. The highest BCUT2D eigenvalue weighted by atomic mass is 35.5. The number of amides is 1. The molecule has 172 valence electrons. The smallest absolute Gasteiger partial charge is 0.225 e.